The molecule has 0 amide bonds. The van der Waals surface area contributed by atoms with Crippen LogP contribution in [0, 0.1) is 0 Å². The molecule has 0 bridgehead atoms. The van der Waals surface area contributed by atoms with E-state index in [2.05, 4.69) is 17.8 Å². The molecule has 0 saturated carbocycles. The number of hydrogen-bond acceptors (Lipinski definition) is 6. The molecular weight excluding hydrogens is 733 g/mol. The van der Waals surface area contributed by atoms with Crippen molar-refractivity contribution in [2.75, 3.05) is 0 Å². The van der Waals surface area contributed by atoms with E-state index in [0.29, 0.717) is 0 Å². The van der Waals surface area contributed by atoms with Crippen molar-refractivity contribution in [1.29, 1.82) is 0 Å². The molecule has 112 valence electrons. The van der Waals surface area contributed by atoms with Gasteiger partial charge in [0.2, 0.25) is 0 Å². The monoisotopic (exact) mass is 731 g/mol. The molecule has 0 unspecified atom stereocenters. The van der Waals surface area contributed by atoms with Crippen LogP contribution in [0.4, 0.5) is 0 Å². The Labute approximate surface area is 158 Å². The second kappa shape index (κ2) is 23.4. The first-order chi connectivity index (χ1) is 6.00. The molecule has 0 aliphatic carbocycles. The molecule has 0 aromatic heterocycles. The Morgan fingerprint density at radius 1 is 0.812 bits per heavy atom. The van der Waals surface area contributed by atoms with Gasteiger partial charge in [-0.25, -0.2) is 0 Å². The van der Waals surface area contributed by atoms with E-state index in [4.69, 9.17) is 35.0 Å². The van der Waals surface area contributed by atoms with Gasteiger partial charge in [-0.15, -0.1) is 0 Å². The molecule has 0 atom stereocenters. The van der Waals surface area contributed by atoms with Crippen molar-refractivity contribution >= 4 is 81.5 Å². The van der Waals surface area contributed by atoms with Gasteiger partial charge in [-0.1, -0.05) is 0 Å². The van der Waals surface area contributed by atoms with Gasteiger partial charge in [0.25, 0.3) is 0 Å². The van der Waals surface area contributed by atoms with Gasteiger partial charge in [0.15, 0.2) is 0 Å². The average molecular weight is 735 g/mol. The largest absolute Gasteiger partial charge is 1.00 e. The Balaban J connectivity index is -0.0000000218. The Morgan fingerprint density at radius 2 is 0.812 bits per heavy atom. The van der Waals surface area contributed by atoms with Gasteiger partial charge < -0.3 is 9.11 Å². The molecule has 0 saturated heterocycles. The fraction of sp³-hybridized carbons (Fsp3) is 0. The van der Waals surface area contributed by atoms with E-state index in [1.54, 1.807) is 42.9 Å². The molecule has 0 heterocycles. The average Bonchev–Trinajstić information content (AvgIpc) is 1.88. The molecule has 2 N–H and O–H groups in total. The first-order valence-electron chi connectivity index (χ1n) is 1.65. The smallest absolute Gasteiger partial charge is 0.759 e. The second-order valence-corrected chi connectivity index (χ2v) is 2.57. The quantitative estimate of drug-likeness (QED) is 0.163. The molecule has 0 radical (unpaired) electrons. The number of halogens is 4. The zero-order chi connectivity index (χ0) is 13.0. The minimum Gasteiger partial charge on any atom is -0.759 e. The van der Waals surface area contributed by atoms with E-state index < -0.39 is 20.8 Å². The van der Waals surface area contributed by atoms with Crippen molar-refractivity contribution < 1.29 is 79.8 Å². The van der Waals surface area contributed by atoms with Gasteiger partial charge in [0.1, 0.15) is 0 Å². The third kappa shape index (κ3) is 429. The summed E-state index contributed by atoms with van der Waals surface area (Å²) in [6.07, 6.45) is 0. The molecule has 0 aromatic carbocycles. The Kier molecular flexibility index (Phi) is 53.3. The van der Waals surface area contributed by atoms with E-state index in [1.165, 1.54) is 0 Å². The van der Waals surface area contributed by atoms with Crippen LogP contribution in [0.3, 0.4) is 0 Å². The van der Waals surface area contributed by atoms with Crippen LogP contribution in [0.1, 0.15) is 0 Å². The fourth-order valence-electron chi connectivity index (χ4n) is 0. The van der Waals surface area contributed by atoms with Crippen LogP contribution in [0.2, 0.25) is 0 Å². The van der Waals surface area contributed by atoms with Crippen LogP contribution in [0.15, 0.2) is 0 Å². The normalized spacial score (nSPS) is 8.00. The topological polar surface area (TPSA) is 155 Å². The summed E-state index contributed by atoms with van der Waals surface area (Å²) in [4.78, 5) is 0. The van der Waals surface area contributed by atoms with Crippen LogP contribution < -0.4 is 0 Å². The summed E-state index contributed by atoms with van der Waals surface area (Å²) in [6, 6.07) is 0. The van der Waals surface area contributed by atoms with Gasteiger partial charge in [0.05, 0.1) is 0 Å². The van der Waals surface area contributed by atoms with Crippen LogP contribution in [-0.2, 0) is 65.6 Å². The summed E-state index contributed by atoms with van der Waals surface area (Å²) in [5.74, 6) is 0. The summed E-state index contributed by atoms with van der Waals surface area (Å²) >= 11 is 3.24. The summed E-state index contributed by atoms with van der Waals surface area (Å²) in [5.41, 5.74) is 0. The zero-order valence-electron chi connectivity index (χ0n) is 6.28. The molecule has 0 aromatic rings. The van der Waals surface area contributed by atoms with Crippen molar-refractivity contribution in [1.82, 2.24) is 0 Å². The molecule has 0 fully saturated rings. The Morgan fingerprint density at radius 3 is 0.812 bits per heavy atom. The molecule has 8 nitrogen and oxygen atoms in total. The first-order valence-corrected chi connectivity index (χ1v) is 9.85. The van der Waals surface area contributed by atoms with E-state index in [9.17, 15) is 0 Å². The van der Waals surface area contributed by atoms with E-state index in [-0.39, 0.29) is 44.8 Å². The van der Waals surface area contributed by atoms with Crippen molar-refractivity contribution in [3.8, 4) is 0 Å². The molecule has 0 spiro atoms. The summed E-state index contributed by atoms with van der Waals surface area (Å²) in [6.45, 7) is 0. The third-order valence-corrected chi connectivity index (χ3v) is 0. The maximum Gasteiger partial charge on any atom is 1.00 e. The van der Waals surface area contributed by atoms with E-state index >= 15 is 0 Å². The summed E-state index contributed by atoms with van der Waals surface area (Å²) in [5, 5.41) is 0. The summed E-state index contributed by atoms with van der Waals surface area (Å²) < 4.78 is 65.7. The minimum atomic E-state index is -5.17. The minimum absolute atomic E-state index is 0. The molecule has 0 aliphatic rings. The summed E-state index contributed by atoms with van der Waals surface area (Å²) in [7, 11) is -0.616. The van der Waals surface area contributed by atoms with E-state index in [0.717, 1.165) is 0 Å². The molecule has 0 aliphatic heterocycles. The number of rotatable bonds is 0. The van der Waals surface area contributed by atoms with Gasteiger partial charge in [-0.05, 0) is 17.8 Å². The standard InChI is InChI=1S/2Ag.2ClI.2H2O4S/c;;2*1-2;2*1-5(2,3)4/h;;;;2*(H2,1,2,3,4)/q2*+1;;;;/p-2. The predicted molar refractivity (Wildman–Crippen MR) is 64.4 cm³/mol. The molecule has 16 heavy (non-hydrogen) atoms. The zero-order valence-corrected chi connectivity index (χ0v) is 16.7. The van der Waals surface area contributed by atoms with Gasteiger partial charge in [-0.2, -0.15) is 8.42 Å². The van der Waals surface area contributed by atoms with Crippen molar-refractivity contribution in [3.63, 3.8) is 0 Å². The van der Waals surface area contributed by atoms with Crippen molar-refractivity contribution in [3.05, 3.63) is 0 Å². The first kappa shape index (κ1) is 36.5. The molecule has 0 rings (SSSR count). The van der Waals surface area contributed by atoms with E-state index in [1.807, 2.05) is 0 Å². The van der Waals surface area contributed by atoms with Crippen molar-refractivity contribution in [2.45, 2.75) is 0 Å². The predicted octanol–water partition coefficient (Wildman–Crippen LogP) is 1.15. The van der Waals surface area contributed by atoms with Gasteiger partial charge in [0, 0.05) is 53.3 Å². The maximum atomic E-state index is 8.74. The Hall–Kier alpha value is 3.26. The van der Waals surface area contributed by atoms with Crippen LogP contribution in [0.25, 0.3) is 0 Å². The fourth-order valence-corrected chi connectivity index (χ4v) is 0. The molecular formula is H2Ag2Cl2I2O8S2. The van der Waals surface area contributed by atoms with Gasteiger partial charge >= 0.3 is 55.2 Å². The SMILES string of the molecule is ClI.ClI.O=S(=O)(O)O.O=S(=O)([O-])[O-].[Ag+].[Ag+]. The molecule has 16 heteroatoms. The maximum absolute atomic E-state index is 8.74. The number of hydrogen-bond donors (Lipinski definition) is 2. The third-order valence-electron chi connectivity index (χ3n) is 0. The van der Waals surface area contributed by atoms with Crippen LogP contribution in [-0.4, -0.2) is 35.0 Å². The van der Waals surface area contributed by atoms with Gasteiger partial charge in [-0.3, -0.25) is 17.5 Å². The van der Waals surface area contributed by atoms with Crippen LogP contribution >= 0.6 is 60.7 Å². The van der Waals surface area contributed by atoms with Crippen LogP contribution in [0.5, 0.6) is 0 Å². The van der Waals surface area contributed by atoms with Crippen molar-refractivity contribution in [2.24, 2.45) is 0 Å². The Bertz CT molecular complexity index is 228. The second-order valence-electron chi connectivity index (χ2n) is 0.856.